The molecule has 0 aliphatic rings. The molecule has 1 amide bonds. The number of aromatic nitrogens is 2. The van der Waals surface area contributed by atoms with Gasteiger partial charge >= 0.3 is 6.18 Å². The van der Waals surface area contributed by atoms with Gasteiger partial charge in [0.05, 0.1) is 0 Å². The van der Waals surface area contributed by atoms with E-state index in [2.05, 4.69) is 20.6 Å². The smallest absolute Gasteiger partial charge is 0.358 e. The van der Waals surface area contributed by atoms with E-state index in [1.165, 1.54) is 6.92 Å². The topological polar surface area (TPSA) is 105 Å². The minimum absolute atomic E-state index is 0.149. The van der Waals surface area contributed by atoms with Gasteiger partial charge in [0, 0.05) is 12.6 Å². The number of nitrogens with two attached hydrogens (primary N) is 1. The van der Waals surface area contributed by atoms with Crippen LogP contribution in [-0.4, -0.2) is 28.5 Å². The van der Waals surface area contributed by atoms with Gasteiger partial charge in [-0.15, -0.1) is 0 Å². The zero-order chi connectivity index (χ0) is 16.0. The molecule has 0 saturated heterocycles. The molecule has 10 heteroatoms. The molecule has 0 spiro atoms. The SMILES string of the molecule is CCCNC(=O)C(C)Nc1cc(C(F)(F)F)nc(NN)n1. The lowest BCUT2D eigenvalue weighted by Crippen LogP contribution is -2.38. The first kappa shape index (κ1) is 17.0. The fourth-order valence-corrected chi connectivity index (χ4v) is 1.42. The first-order chi connectivity index (χ1) is 9.77. The highest BCUT2D eigenvalue weighted by Crippen LogP contribution is 2.29. The van der Waals surface area contributed by atoms with Crippen LogP contribution in [0.4, 0.5) is 24.9 Å². The number of hydrogen-bond donors (Lipinski definition) is 4. The summed E-state index contributed by atoms with van der Waals surface area (Å²) in [4.78, 5) is 18.6. The molecule has 5 N–H and O–H groups in total. The van der Waals surface area contributed by atoms with E-state index in [9.17, 15) is 18.0 Å². The highest BCUT2D eigenvalue weighted by atomic mass is 19.4. The number of halogens is 3. The third-order valence-electron chi connectivity index (χ3n) is 2.45. The van der Waals surface area contributed by atoms with Gasteiger partial charge in [0.1, 0.15) is 11.9 Å². The summed E-state index contributed by atoms with van der Waals surface area (Å²) < 4.78 is 38.0. The molecule has 0 aliphatic heterocycles. The van der Waals surface area contributed by atoms with Crippen LogP contribution in [0.3, 0.4) is 0 Å². The van der Waals surface area contributed by atoms with Crippen molar-refractivity contribution in [1.82, 2.24) is 15.3 Å². The zero-order valence-corrected chi connectivity index (χ0v) is 11.6. The van der Waals surface area contributed by atoms with Crippen molar-refractivity contribution in [2.24, 2.45) is 5.84 Å². The second kappa shape index (κ2) is 7.07. The van der Waals surface area contributed by atoms with Gasteiger partial charge in [0.2, 0.25) is 11.9 Å². The van der Waals surface area contributed by atoms with Crippen LogP contribution < -0.4 is 21.9 Å². The Labute approximate surface area is 119 Å². The second-order valence-corrected chi connectivity index (χ2v) is 4.26. The molecular weight excluding hydrogens is 289 g/mol. The molecule has 1 aromatic rings. The van der Waals surface area contributed by atoms with Gasteiger partial charge in [-0.05, 0) is 13.3 Å². The predicted octanol–water partition coefficient (Wildman–Crippen LogP) is 1.11. The number of rotatable bonds is 6. The number of carbonyl (C=O) groups excluding carboxylic acids is 1. The van der Waals surface area contributed by atoms with Gasteiger partial charge < -0.3 is 10.6 Å². The molecule has 118 valence electrons. The number of nitrogens with zero attached hydrogens (tertiary/aromatic N) is 2. The lowest BCUT2D eigenvalue weighted by Gasteiger charge is -2.16. The number of anilines is 2. The molecule has 0 saturated carbocycles. The van der Waals surface area contributed by atoms with Crippen molar-refractivity contribution in [1.29, 1.82) is 0 Å². The molecule has 1 aromatic heterocycles. The van der Waals surface area contributed by atoms with E-state index in [1.807, 2.05) is 12.3 Å². The molecule has 0 bridgehead atoms. The molecule has 1 atom stereocenters. The fourth-order valence-electron chi connectivity index (χ4n) is 1.42. The summed E-state index contributed by atoms with van der Waals surface area (Å²) in [5.74, 6) is 4.15. The number of carbonyl (C=O) groups is 1. The van der Waals surface area contributed by atoms with Gasteiger partial charge in [-0.3, -0.25) is 10.2 Å². The molecular formula is C11H17F3N6O. The summed E-state index contributed by atoms with van der Waals surface area (Å²) in [5.41, 5.74) is 0.796. The molecule has 1 unspecified atom stereocenters. The zero-order valence-electron chi connectivity index (χ0n) is 11.6. The molecule has 0 aliphatic carbocycles. The quantitative estimate of drug-likeness (QED) is 0.463. The highest BCUT2D eigenvalue weighted by Gasteiger charge is 2.34. The second-order valence-electron chi connectivity index (χ2n) is 4.26. The molecule has 0 radical (unpaired) electrons. The third kappa shape index (κ3) is 5.06. The van der Waals surface area contributed by atoms with Crippen molar-refractivity contribution in [3.05, 3.63) is 11.8 Å². The lowest BCUT2D eigenvalue weighted by atomic mass is 10.3. The summed E-state index contributed by atoms with van der Waals surface area (Å²) in [7, 11) is 0. The Hall–Kier alpha value is -2.10. The number of nitrogen functional groups attached to an aromatic ring is 1. The van der Waals surface area contributed by atoms with Gasteiger partial charge in [-0.2, -0.15) is 18.2 Å². The van der Waals surface area contributed by atoms with E-state index in [0.29, 0.717) is 12.6 Å². The summed E-state index contributed by atoms with van der Waals surface area (Å²) in [5, 5.41) is 5.20. The Morgan fingerprint density at radius 1 is 1.43 bits per heavy atom. The summed E-state index contributed by atoms with van der Waals surface area (Å²) in [6.07, 6.45) is -3.88. The van der Waals surface area contributed by atoms with E-state index in [-0.39, 0.29) is 11.7 Å². The Kier molecular flexibility index (Phi) is 5.70. The average molecular weight is 306 g/mol. The maximum absolute atomic E-state index is 12.7. The Morgan fingerprint density at radius 2 is 2.10 bits per heavy atom. The maximum atomic E-state index is 12.7. The van der Waals surface area contributed by atoms with Crippen LogP contribution in [0.5, 0.6) is 0 Å². The predicted molar refractivity (Wildman–Crippen MR) is 71.2 cm³/mol. The van der Waals surface area contributed by atoms with E-state index in [4.69, 9.17) is 5.84 Å². The van der Waals surface area contributed by atoms with Crippen molar-refractivity contribution < 1.29 is 18.0 Å². The molecule has 21 heavy (non-hydrogen) atoms. The van der Waals surface area contributed by atoms with Gasteiger partial charge in [0.25, 0.3) is 0 Å². The number of hydrogen-bond acceptors (Lipinski definition) is 6. The molecule has 0 aromatic carbocycles. The van der Waals surface area contributed by atoms with E-state index >= 15 is 0 Å². The molecule has 7 nitrogen and oxygen atoms in total. The first-order valence-corrected chi connectivity index (χ1v) is 6.25. The van der Waals surface area contributed by atoms with Crippen LogP contribution >= 0.6 is 0 Å². The number of hydrazine groups is 1. The first-order valence-electron chi connectivity index (χ1n) is 6.25. The molecule has 1 heterocycles. The number of nitrogens with one attached hydrogen (secondary N) is 3. The summed E-state index contributed by atoms with van der Waals surface area (Å²) >= 11 is 0. The van der Waals surface area contributed by atoms with Crippen LogP contribution in [-0.2, 0) is 11.0 Å². The monoisotopic (exact) mass is 306 g/mol. The maximum Gasteiger partial charge on any atom is 0.433 e. The minimum Gasteiger partial charge on any atom is -0.358 e. The minimum atomic E-state index is -4.64. The van der Waals surface area contributed by atoms with Crippen LogP contribution in [0, 0.1) is 0 Å². The van der Waals surface area contributed by atoms with Crippen LogP contribution in [0.2, 0.25) is 0 Å². The largest absolute Gasteiger partial charge is 0.433 e. The Balaban J connectivity index is 2.89. The lowest BCUT2D eigenvalue weighted by molar-refractivity contribution is -0.141. The fraction of sp³-hybridized carbons (Fsp3) is 0.545. The van der Waals surface area contributed by atoms with Gasteiger partial charge in [-0.25, -0.2) is 10.8 Å². The van der Waals surface area contributed by atoms with Crippen molar-refractivity contribution in [3.8, 4) is 0 Å². The Bertz CT molecular complexity index is 493. The van der Waals surface area contributed by atoms with Crippen molar-refractivity contribution >= 4 is 17.7 Å². The normalized spacial score (nSPS) is 12.7. The van der Waals surface area contributed by atoms with Gasteiger partial charge in [0.15, 0.2) is 5.69 Å². The van der Waals surface area contributed by atoms with Crippen molar-refractivity contribution in [2.45, 2.75) is 32.5 Å². The summed E-state index contributed by atoms with van der Waals surface area (Å²) in [6.45, 7) is 3.88. The third-order valence-corrected chi connectivity index (χ3v) is 2.45. The summed E-state index contributed by atoms with van der Waals surface area (Å²) in [6, 6.07) is -0.0390. The van der Waals surface area contributed by atoms with Crippen molar-refractivity contribution in [2.75, 3.05) is 17.3 Å². The molecule has 0 fully saturated rings. The standard InChI is InChI=1S/C11H17F3N6O/c1-3-4-16-9(21)6(2)17-8-5-7(11(12,13)14)18-10(19-8)20-15/h5-6H,3-4,15H2,1-2H3,(H,16,21)(H2,17,18,19,20). The number of alkyl halides is 3. The number of amides is 1. The Morgan fingerprint density at radius 3 is 2.62 bits per heavy atom. The van der Waals surface area contributed by atoms with E-state index in [1.54, 1.807) is 0 Å². The highest BCUT2D eigenvalue weighted by molar-refractivity contribution is 5.83. The van der Waals surface area contributed by atoms with E-state index < -0.39 is 23.9 Å². The average Bonchev–Trinajstić information content (AvgIpc) is 2.43. The van der Waals surface area contributed by atoms with Crippen molar-refractivity contribution in [3.63, 3.8) is 0 Å². The van der Waals surface area contributed by atoms with Crippen LogP contribution in [0.25, 0.3) is 0 Å². The van der Waals surface area contributed by atoms with Gasteiger partial charge in [-0.1, -0.05) is 6.92 Å². The van der Waals surface area contributed by atoms with Crippen LogP contribution in [0.15, 0.2) is 6.07 Å². The van der Waals surface area contributed by atoms with E-state index in [0.717, 1.165) is 6.42 Å². The molecule has 1 rings (SSSR count). The van der Waals surface area contributed by atoms with Crippen LogP contribution in [0.1, 0.15) is 26.0 Å².